The van der Waals surface area contributed by atoms with Gasteiger partial charge in [0.05, 0.1) is 24.2 Å². The van der Waals surface area contributed by atoms with Crippen LogP contribution in [0.5, 0.6) is 0 Å². The van der Waals surface area contributed by atoms with Gasteiger partial charge in [0.15, 0.2) is 0 Å². The molecule has 29 heavy (non-hydrogen) atoms. The summed E-state index contributed by atoms with van der Waals surface area (Å²) in [6.45, 7) is 1.36. The Bertz CT molecular complexity index is 987. The third kappa shape index (κ3) is 4.55. The van der Waals surface area contributed by atoms with Crippen LogP contribution in [-0.4, -0.2) is 44.9 Å². The average Bonchev–Trinajstić information content (AvgIpc) is 3.58. The van der Waals surface area contributed by atoms with Gasteiger partial charge in [-0.05, 0) is 58.5 Å². The number of hydrogen-bond donors (Lipinski definition) is 1. The van der Waals surface area contributed by atoms with Crippen molar-refractivity contribution in [3.8, 4) is 0 Å². The van der Waals surface area contributed by atoms with E-state index in [0.29, 0.717) is 42.3 Å². The average molecular weight is 479 g/mol. The number of morpholine rings is 1. The van der Waals surface area contributed by atoms with Crippen molar-refractivity contribution in [1.82, 2.24) is 9.62 Å². The van der Waals surface area contributed by atoms with Gasteiger partial charge in [0.1, 0.15) is 0 Å². The molecule has 0 bridgehead atoms. The molecule has 1 unspecified atom stereocenters. The molecular weight excluding hydrogens is 456 g/mol. The van der Waals surface area contributed by atoms with Gasteiger partial charge in [-0.2, -0.15) is 4.31 Å². The number of nitrogens with one attached hydrogen (secondary N) is 1. The van der Waals surface area contributed by atoms with E-state index in [0.717, 1.165) is 18.4 Å². The molecule has 1 aliphatic heterocycles. The molecule has 1 atom stereocenters. The lowest BCUT2D eigenvalue weighted by molar-refractivity contribution is 0.0730. The maximum Gasteiger partial charge on any atom is 0.251 e. The highest BCUT2D eigenvalue weighted by molar-refractivity contribution is 9.10. The number of carbonyl (C=O) groups is 1. The van der Waals surface area contributed by atoms with E-state index in [1.165, 1.54) is 10.4 Å². The molecule has 6 nitrogen and oxygen atoms in total. The van der Waals surface area contributed by atoms with Crippen LogP contribution in [0.4, 0.5) is 0 Å². The molecule has 0 radical (unpaired) electrons. The van der Waals surface area contributed by atoms with Crippen LogP contribution in [0.2, 0.25) is 0 Å². The van der Waals surface area contributed by atoms with Gasteiger partial charge in [-0.25, -0.2) is 8.42 Å². The van der Waals surface area contributed by atoms with Crippen molar-refractivity contribution < 1.29 is 17.9 Å². The SMILES string of the molecule is O=C(NC(c1ccccc1)C1CC1)c1ccc(Br)c(S(=O)(=O)N2CCOCC2)c1. The highest BCUT2D eigenvalue weighted by atomic mass is 79.9. The monoisotopic (exact) mass is 478 g/mol. The molecule has 2 aromatic carbocycles. The minimum absolute atomic E-state index is 0.0633. The fraction of sp³-hybridized carbons (Fsp3) is 0.381. The van der Waals surface area contributed by atoms with Crippen molar-refractivity contribution >= 4 is 31.9 Å². The first-order chi connectivity index (χ1) is 14.0. The lowest BCUT2D eigenvalue weighted by atomic mass is 10.0. The summed E-state index contributed by atoms with van der Waals surface area (Å²) in [7, 11) is -3.71. The number of amides is 1. The highest BCUT2D eigenvalue weighted by Crippen LogP contribution is 2.41. The topological polar surface area (TPSA) is 75.7 Å². The summed E-state index contributed by atoms with van der Waals surface area (Å²) >= 11 is 3.33. The smallest absolute Gasteiger partial charge is 0.251 e. The maximum atomic E-state index is 13.1. The van der Waals surface area contributed by atoms with E-state index in [-0.39, 0.29) is 16.8 Å². The molecule has 0 spiro atoms. The second-order valence-corrected chi connectivity index (χ2v) is 10.1. The minimum atomic E-state index is -3.71. The molecule has 2 aliphatic rings. The summed E-state index contributed by atoms with van der Waals surface area (Å²) in [6, 6.07) is 14.6. The quantitative estimate of drug-likeness (QED) is 0.690. The second kappa shape index (κ2) is 8.55. The molecule has 1 saturated heterocycles. The Labute approximate surface area is 179 Å². The van der Waals surface area contributed by atoms with Crippen LogP contribution in [0.15, 0.2) is 57.9 Å². The lowest BCUT2D eigenvalue weighted by Gasteiger charge is -2.26. The Morgan fingerprint density at radius 3 is 2.45 bits per heavy atom. The van der Waals surface area contributed by atoms with Crippen LogP contribution in [0.3, 0.4) is 0 Å². The Kier molecular flexibility index (Phi) is 6.06. The molecular formula is C21H23BrN2O4S. The van der Waals surface area contributed by atoms with E-state index in [2.05, 4.69) is 21.2 Å². The predicted molar refractivity (Wildman–Crippen MR) is 113 cm³/mol. The molecule has 1 N–H and O–H groups in total. The summed E-state index contributed by atoms with van der Waals surface area (Å²) in [5.74, 6) is 0.157. The van der Waals surface area contributed by atoms with Gasteiger partial charge < -0.3 is 10.1 Å². The van der Waals surface area contributed by atoms with Gasteiger partial charge in [-0.15, -0.1) is 0 Å². The molecule has 1 saturated carbocycles. The second-order valence-electron chi connectivity index (χ2n) is 7.36. The van der Waals surface area contributed by atoms with Gasteiger partial charge in [0, 0.05) is 23.1 Å². The number of halogens is 1. The molecule has 0 aromatic heterocycles. The number of sulfonamides is 1. The van der Waals surface area contributed by atoms with Crippen LogP contribution >= 0.6 is 15.9 Å². The third-order valence-electron chi connectivity index (χ3n) is 5.32. The van der Waals surface area contributed by atoms with Crippen molar-refractivity contribution in [2.75, 3.05) is 26.3 Å². The molecule has 4 rings (SSSR count). The molecule has 2 fully saturated rings. The molecule has 1 aliphatic carbocycles. The van der Waals surface area contributed by atoms with Crippen molar-refractivity contribution in [1.29, 1.82) is 0 Å². The number of ether oxygens (including phenoxy) is 1. The summed E-state index contributed by atoms with van der Waals surface area (Å²) < 4.78 is 33.2. The van der Waals surface area contributed by atoms with Crippen LogP contribution in [0, 0.1) is 5.92 Å². The van der Waals surface area contributed by atoms with Gasteiger partial charge in [0.2, 0.25) is 10.0 Å². The van der Waals surface area contributed by atoms with E-state index in [1.807, 2.05) is 30.3 Å². The summed E-state index contributed by atoms with van der Waals surface area (Å²) in [4.78, 5) is 13.1. The van der Waals surface area contributed by atoms with E-state index >= 15 is 0 Å². The van der Waals surface area contributed by atoms with Crippen LogP contribution < -0.4 is 5.32 Å². The third-order valence-corrected chi connectivity index (χ3v) is 8.21. The van der Waals surface area contributed by atoms with Gasteiger partial charge >= 0.3 is 0 Å². The zero-order valence-corrected chi connectivity index (χ0v) is 18.3. The fourth-order valence-corrected chi connectivity index (χ4v) is 5.91. The molecule has 2 aromatic rings. The molecule has 8 heteroatoms. The highest BCUT2D eigenvalue weighted by Gasteiger charge is 2.34. The Balaban J connectivity index is 1.59. The normalized spacial score (nSPS) is 18.9. The van der Waals surface area contributed by atoms with Crippen LogP contribution in [0.1, 0.15) is 34.8 Å². The zero-order valence-electron chi connectivity index (χ0n) is 15.9. The Morgan fingerprint density at radius 2 is 1.79 bits per heavy atom. The van der Waals surface area contributed by atoms with Crippen molar-refractivity contribution in [3.63, 3.8) is 0 Å². The van der Waals surface area contributed by atoms with Crippen molar-refractivity contribution in [2.45, 2.75) is 23.8 Å². The van der Waals surface area contributed by atoms with Crippen LogP contribution in [0.25, 0.3) is 0 Å². The number of hydrogen-bond acceptors (Lipinski definition) is 4. The van der Waals surface area contributed by atoms with Gasteiger partial charge in [-0.1, -0.05) is 30.3 Å². The summed E-state index contributed by atoms with van der Waals surface area (Å²) in [6.07, 6.45) is 2.16. The van der Waals surface area contributed by atoms with Gasteiger partial charge in [-0.3, -0.25) is 4.79 Å². The lowest BCUT2D eigenvalue weighted by Crippen LogP contribution is -2.40. The number of nitrogens with zero attached hydrogens (tertiary/aromatic N) is 1. The van der Waals surface area contributed by atoms with E-state index in [9.17, 15) is 13.2 Å². The standard InChI is InChI=1S/C21H23BrN2O4S/c22-18-9-8-17(14-19(18)29(26,27)24-10-12-28-13-11-24)21(25)23-20(16-6-7-16)15-4-2-1-3-5-15/h1-5,8-9,14,16,20H,6-7,10-13H2,(H,23,25). The number of rotatable bonds is 6. The number of carbonyl (C=O) groups excluding carboxylic acids is 1. The maximum absolute atomic E-state index is 13.1. The van der Waals surface area contributed by atoms with Crippen molar-refractivity contribution in [2.24, 2.45) is 5.92 Å². The predicted octanol–water partition coefficient (Wildman–Crippen LogP) is 3.35. The van der Waals surface area contributed by atoms with E-state index in [1.54, 1.807) is 12.1 Å². The summed E-state index contributed by atoms with van der Waals surface area (Å²) in [5.41, 5.74) is 1.41. The minimum Gasteiger partial charge on any atom is -0.379 e. The van der Waals surface area contributed by atoms with E-state index < -0.39 is 10.0 Å². The first kappa shape index (κ1) is 20.5. The Morgan fingerprint density at radius 1 is 1.10 bits per heavy atom. The number of benzene rings is 2. The molecule has 1 amide bonds. The Hall–Kier alpha value is -1.74. The largest absolute Gasteiger partial charge is 0.379 e. The zero-order chi connectivity index (χ0) is 20.4. The molecule has 1 heterocycles. The first-order valence-electron chi connectivity index (χ1n) is 9.70. The van der Waals surface area contributed by atoms with Crippen molar-refractivity contribution in [3.05, 3.63) is 64.1 Å². The van der Waals surface area contributed by atoms with Gasteiger partial charge in [0.25, 0.3) is 5.91 Å². The van der Waals surface area contributed by atoms with E-state index in [4.69, 9.17) is 4.74 Å². The first-order valence-corrected chi connectivity index (χ1v) is 11.9. The summed E-state index contributed by atoms with van der Waals surface area (Å²) in [5, 5.41) is 3.11. The van der Waals surface area contributed by atoms with Crippen LogP contribution in [-0.2, 0) is 14.8 Å². The molecule has 154 valence electrons. The fourth-order valence-electron chi connectivity index (χ4n) is 3.56.